The Morgan fingerprint density at radius 1 is 1.16 bits per heavy atom. The van der Waals surface area contributed by atoms with Crippen molar-refractivity contribution in [2.45, 2.75) is 44.9 Å². The number of sulfonamides is 1. The van der Waals surface area contributed by atoms with Crippen LogP contribution in [0.3, 0.4) is 0 Å². The van der Waals surface area contributed by atoms with Gasteiger partial charge in [0, 0.05) is 32.6 Å². The van der Waals surface area contributed by atoms with Crippen molar-refractivity contribution in [1.82, 2.24) is 9.21 Å². The van der Waals surface area contributed by atoms with E-state index in [0.29, 0.717) is 44.9 Å². The van der Waals surface area contributed by atoms with Crippen LogP contribution in [0.4, 0.5) is 0 Å². The summed E-state index contributed by atoms with van der Waals surface area (Å²) >= 11 is 0. The first-order valence-electron chi connectivity index (χ1n) is 9.18. The summed E-state index contributed by atoms with van der Waals surface area (Å²) in [5.74, 6) is 0.624. The maximum Gasteiger partial charge on any atom is 0.222 e. The van der Waals surface area contributed by atoms with Crippen LogP contribution in [0.25, 0.3) is 0 Å². The monoisotopic (exact) mass is 364 g/mol. The normalized spacial score (nSPS) is 26.4. The summed E-state index contributed by atoms with van der Waals surface area (Å²) in [7, 11) is -3.29. The lowest BCUT2D eigenvalue weighted by Gasteiger charge is -2.23. The van der Waals surface area contributed by atoms with E-state index < -0.39 is 10.0 Å². The molecule has 0 bridgehead atoms. The van der Waals surface area contributed by atoms with Gasteiger partial charge < -0.3 is 4.90 Å². The lowest BCUT2D eigenvalue weighted by molar-refractivity contribution is -0.131. The molecule has 0 unspecified atom stereocenters. The number of fused-ring (bicyclic) bond motifs is 1. The van der Waals surface area contributed by atoms with Gasteiger partial charge in [-0.25, -0.2) is 8.42 Å². The third kappa shape index (κ3) is 4.06. The quantitative estimate of drug-likeness (QED) is 0.825. The lowest BCUT2D eigenvalue weighted by atomic mass is 10.0. The summed E-state index contributed by atoms with van der Waals surface area (Å²) in [5.41, 5.74) is 1.02. The van der Waals surface area contributed by atoms with E-state index in [9.17, 15) is 13.2 Å². The van der Waals surface area contributed by atoms with E-state index in [-0.39, 0.29) is 17.1 Å². The molecule has 1 amide bonds. The fraction of sp³-hybridized carbons (Fsp3) is 0.632. The predicted octanol–water partition coefficient (Wildman–Crippen LogP) is 2.49. The molecule has 0 spiro atoms. The summed E-state index contributed by atoms with van der Waals surface area (Å²) in [5, 5.41) is -0.340. The molecule has 138 valence electrons. The second-order valence-corrected chi connectivity index (χ2v) is 9.83. The number of likely N-dealkylation sites (tertiary alicyclic amines) is 1. The van der Waals surface area contributed by atoms with Crippen LogP contribution in [0.1, 0.15) is 38.7 Å². The molecule has 0 radical (unpaired) electrons. The van der Waals surface area contributed by atoms with Crippen molar-refractivity contribution in [3.05, 3.63) is 35.9 Å². The first-order chi connectivity index (χ1) is 11.9. The molecule has 2 aliphatic heterocycles. The van der Waals surface area contributed by atoms with Crippen molar-refractivity contribution in [2.24, 2.45) is 11.8 Å². The highest BCUT2D eigenvalue weighted by Crippen LogP contribution is 2.35. The standard InChI is InChI=1S/C19H28N2O3S/c1-15(2)12-19(22)20-10-8-17-14-21(13-16-6-4-3-5-7-16)25(23,24)18(17)9-11-20/h3-7,15,17-18H,8-14H2,1-2H3/t17-,18-/m1/s1. The average Bonchev–Trinajstić information content (AvgIpc) is 2.71. The molecule has 2 atom stereocenters. The molecule has 2 saturated heterocycles. The Hall–Kier alpha value is -1.40. The summed E-state index contributed by atoms with van der Waals surface area (Å²) < 4.78 is 27.6. The Balaban J connectivity index is 1.67. The van der Waals surface area contributed by atoms with Crippen LogP contribution in [0.5, 0.6) is 0 Å². The zero-order valence-electron chi connectivity index (χ0n) is 15.1. The van der Waals surface area contributed by atoms with Crippen LogP contribution in [-0.2, 0) is 21.4 Å². The van der Waals surface area contributed by atoms with Crippen molar-refractivity contribution >= 4 is 15.9 Å². The summed E-state index contributed by atoms with van der Waals surface area (Å²) in [6.07, 6.45) is 1.88. The Morgan fingerprint density at radius 3 is 2.52 bits per heavy atom. The Morgan fingerprint density at radius 2 is 1.84 bits per heavy atom. The fourth-order valence-electron chi connectivity index (χ4n) is 3.97. The molecule has 0 aliphatic carbocycles. The molecule has 6 heteroatoms. The van der Waals surface area contributed by atoms with E-state index >= 15 is 0 Å². The van der Waals surface area contributed by atoms with E-state index in [2.05, 4.69) is 0 Å². The van der Waals surface area contributed by atoms with E-state index in [1.165, 1.54) is 0 Å². The van der Waals surface area contributed by atoms with Crippen LogP contribution in [-0.4, -0.2) is 48.4 Å². The molecule has 0 N–H and O–H groups in total. The molecule has 3 rings (SSSR count). The van der Waals surface area contributed by atoms with Gasteiger partial charge in [0.15, 0.2) is 0 Å². The molecular weight excluding hydrogens is 336 g/mol. The van der Waals surface area contributed by atoms with Crippen molar-refractivity contribution in [1.29, 1.82) is 0 Å². The second kappa shape index (κ2) is 7.46. The van der Waals surface area contributed by atoms with Crippen LogP contribution in [0.15, 0.2) is 30.3 Å². The molecule has 0 saturated carbocycles. The van der Waals surface area contributed by atoms with Gasteiger partial charge in [0.05, 0.1) is 5.25 Å². The molecular formula is C19H28N2O3S. The molecule has 1 aromatic carbocycles. The molecule has 2 heterocycles. The predicted molar refractivity (Wildman–Crippen MR) is 98.3 cm³/mol. The molecule has 1 aromatic rings. The van der Waals surface area contributed by atoms with Crippen molar-refractivity contribution in [2.75, 3.05) is 19.6 Å². The first-order valence-corrected chi connectivity index (χ1v) is 10.7. The zero-order valence-corrected chi connectivity index (χ0v) is 15.9. The van der Waals surface area contributed by atoms with E-state index in [0.717, 1.165) is 12.0 Å². The van der Waals surface area contributed by atoms with Crippen LogP contribution in [0.2, 0.25) is 0 Å². The number of hydrogen-bond donors (Lipinski definition) is 0. The highest BCUT2D eigenvalue weighted by Gasteiger charge is 2.47. The van der Waals surface area contributed by atoms with Gasteiger partial charge in [-0.15, -0.1) is 0 Å². The average molecular weight is 365 g/mol. The van der Waals surface area contributed by atoms with E-state index in [1.807, 2.05) is 49.1 Å². The number of rotatable bonds is 4. The minimum Gasteiger partial charge on any atom is -0.343 e. The number of hydrogen-bond acceptors (Lipinski definition) is 3. The second-order valence-electron chi connectivity index (χ2n) is 7.68. The van der Waals surface area contributed by atoms with Gasteiger partial charge in [-0.1, -0.05) is 44.2 Å². The van der Waals surface area contributed by atoms with Gasteiger partial charge in [0.1, 0.15) is 0 Å². The molecule has 5 nitrogen and oxygen atoms in total. The van der Waals surface area contributed by atoms with E-state index in [1.54, 1.807) is 4.31 Å². The van der Waals surface area contributed by atoms with Crippen molar-refractivity contribution < 1.29 is 13.2 Å². The molecule has 2 aliphatic rings. The smallest absolute Gasteiger partial charge is 0.222 e. The molecule has 2 fully saturated rings. The van der Waals surface area contributed by atoms with Gasteiger partial charge in [-0.05, 0) is 30.2 Å². The Labute approximate surface area is 151 Å². The van der Waals surface area contributed by atoms with E-state index in [4.69, 9.17) is 0 Å². The van der Waals surface area contributed by atoms with Crippen LogP contribution >= 0.6 is 0 Å². The zero-order chi connectivity index (χ0) is 18.0. The van der Waals surface area contributed by atoms with Gasteiger partial charge >= 0.3 is 0 Å². The van der Waals surface area contributed by atoms with Gasteiger partial charge in [-0.3, -0.25) is 4.79 Å². The fourth-order valence-corrected chi connectivity index (χ4v) is 6.19. The highest BCUT2D eigenvalue weighted by atomic mass is 32.2. The van der Waals surface area contributed by atoms with Crippen molar-refractivity contribution in [3.8, 4) is 0 Å². The SMILES string of the molecule is CC(C)CC(=O)N1CC[C@@H]2CN(Cc3ccccc3)S(=O)(=O)[C@@H]2CC1. The number of carbonyl (C=O) groups is 1. The third-order valence-corrected chi connectivity index (χ3v) is 7.68. The first kappa shape index (κ1) is 18.4. The highest BCUT2D eigenvalue weighted by molar-refractivity contribution is 7.90. The van der Waals surface area contributed by atoms with Crippen LogP contribution in [0, 0.1) is 11.8 Å². The largest absolute Gasteiger partial charge is 0.343 e. The maximum absolute atomic E-state index is 13.0. The number of nitrogens with zero attached hydrogens (tertiary/aromatic N) is 2. The van der Waals surface area contributed by atoms with Gasteiger partial charge in [0.2, 0.25) is 15.9 Å². The summed E-state index contributed by atoms with van der Waals surface area (Å²) in [6.45, 7) is 6.35. The van der Waals surface area contributed by atoms with Crippen molar-refractivity contribution in [3.63, 3.8) is 0 Å². The summed E-state index contributed by atoms with van der Waals surface area (Å²) in [6, 6.07) is 9.75. The number of carbonyl (C=O) groups excluding carboxylic acids is 1. The summed E-state index contributed by atoms with van der Waals surface area (Å²) in [4.78, 5) is 14.2. The number of amides is 1. The molecule has 0 aromatic heterocycles. The van der Waals surface area contributed by atoms with Gasteiger partial charge in [0.25, 0.3) is 0 Å². The molecule has 25 heavy (non-hydrogen) atoms. The topological polar surface area (TPSA) is 57.7 Å². The van der Waals surface area contributed by atoms with Crippen LogP contribution < -0.4 is 0 Å². The number of benzene rings is 1. The third-order valence-electron chi connectivity index (χ3n) is 5.30. The minimum atomic E-state index is -3.29. The lowest BCUT2D eigenvalue weighted by Crippen LogP contribution is -2.35. The van der Waals surface area contributed by atoms with Gasteiger partial charge in [-0.2, -0.15) is 4.31 Å². The Bertz CT molecular complexity index is 703. The minimum absolute atomic E-state index is 0.130. The Kier molecular flexibility index (Phi) is 5.49. The maximum atomic E-state index is 13.0.